The summed E-state index contributed by atoms with van der Waals surface area (Å²) < 4.78 is 5.56. The van der Waals surface area contributed by atoms with Crippen LogP contribution in [0.5, 0.6) is 11.5 Å². The maximum atomic E-state index is 10.9. The molecule has 1 atom stereocenters. The standard InChI is InChI=1S/C16H16N2O3/c17-16(20)7-10-1-3-11(4-2-10)18-14-9-21-15-8-12(19)5-6-13(14)15/h1-6,8,14,18-19H,7,9H2,(H2,17,20). The fourth-order valence-corrected chi connectivity index (χ4v) is 2.44. The van der Waals surface area contributed by atoms with Crippen molar-refractivity contribution in [2.75, 3.05) is 11.9 Å². The number of nitrogens with two attached hydrogens (primary N) is 1. The largest absolute Gasteiger partial charge is 0.508 e. The number of amides is 1. The minimum atomic E-state index is -0.339. The van der Waals surface area contributed by atoms with Gasteiger partial charge in [0.05, 0.1) is 12.5 Å². The van der Waals surface area contributed by atoms with Gasteiger partial charge in [-0.3, -0.25) is 4.79 Å². The molecule has 0 fully saturated rings. The van der Waals surface area contributed by atoms with Gasteiger partial charge >= 0.3 is 0 Å². The number of phenols is 1. The molecule has 1 unspecified atom stereocenters. The smallest absolute Gasteiger partial charge is 0.221 e. The fourth-order valence-electron chi connectivity index (χ4n) is 2.44. The van der Waals surface area contributed by atoms with Gasteiger partial charge in [-0.25, -0.2) is 0 Å². The maximum Gasteiger partial charge on any atom is 0.221 e. The predicted molar refractivity (Wildman–Crippen MR) is 79.3 cm³/mol. The lowest BCUT2D eigenvalue weighted by molar-refractivity contribution is -0.117. The maximum absolute atomic E-state index is 10.9. The van der Waals surface area contributed by atoms with E-state index in [2.05, 4.69) is 5.32 Å². The van der Waals surface area contributed by atoms with Crippen LogP contribution in [-0.4, -0.2) is 17.6 Å². The normalized spacial score (nSPS) is 16.1. The molecule has 1 amide bonds. The number of phenolic OH excluding ortho intramolecular Hbond substituents is 1. The highest BCUT2D eigenvalue weighted by atomic mass is 16.5. The van der Waals surface area contributed by atoms with Crippen molar-refractivity contribution in [3.63, 3.8) is 0 Å². The summed E-state index contributed by atoms with van der Waals surface area (Å²) in [5.74, 6) is 0.566. The van der Waals surface area contributed by atoms with Crippen molar-refractivity contribution >= 4 is 11.6 Å². The zero-order valence-electron chi connectivity index (χ0n) is 11.4. The van der Waals surface area contributed by atoms with Crippen LogP contribution in [0.1, 0.15) is 17.2 Å². The first-order valence-corrected chi connectivity index (χ1v) is 6.71. The van der Waals surface area contributed by atoms with Crippen molar-refractivity contribution in [3.05, 3.63) is 53.6 Å². The Hall–Kier alpha value is -2.69. The minimum Gasteiger partial charge on any atom is -0.508 e. The van der Waals surface area contributed by atoms with Crippen LogP contribution in [0.4, 0.5) is 5.69 Å². The topological polar surface area (TPSA) is 84.6 Å². The number of hydrogen-bond donors (Lipinski definition) is 3. The number of anilines is 1. The van der Waals surface area contributed by atoms with E-state index in [1.54, 1.807) is 12.1 Å². The van der Waals surface area contributed by atoms with Gasteiger partial charge in [0.2, 0.25) is 5.91 Å². The fraction of sp³-hybridized carbons (Fsp3) is 0.188. The Labute approximate surface area is 122 Å². The molecule has 1 aliphatic heterocycles. The summed E-state index contributed by atoms with van der Waals surface area (Å²) in [6, 6.07) is 12.7. The molecule has 0 spiro atoms. The van der Waals surface area contributed by atoms with Crippen LogP contribution < -0.4 is 15.8 Å². The van der Waals surface area contributed by atoms with Gasteiger partial charge in [0.15, 0.2) is 0 Å². The number of primary amides is 1. The number of ether oxygens (including phenoxy) is 1. The number of benzene rings is 2. The molecule has 21 heavy (non-hydrogen) atoms. The van der Waals surface area contributed by atoms with Crippen molar-refractivity contribution in [1.29, 1.82) is 0 Å². The Morgan fingerprint density at radius 3 is 2.76 bits per heavy atom. The molecule has 108 valence electrons. The molecule has 4 N–H and O–H groups in total. The first-order valence-electron chi connectivity index (χ1n) is 6.71. The molecule has 3 rings (SSSR count). The third-order valence-electron chi connectivity index (χ3n) is 3.45. The second-order valence-electron chi connectivity index (χ2n) is 5.07. The molecule has 0 saturated carbocycles. The Balaban J connectivity index is 1.72. The van der Waals surface area contributed by atoms with E-state index in [4.69, 9.17) is 10.5 Å². The third kappa shape index (κ3) is 2.91. The summed E-state index contributed by atoms with van der Waals surface area (Å²) in [5.41, 5.74) is 8.02. The summed E-state index contributed by atoms with van der Waals surface area (Å²) in [7, 11) is 0. The van der Waals surface area contributed by atoms with Gasteiger partial charge in [0.1, 0.15) is 18.1 Å². The van der Waals surface area contributed by atoms with Gasteiger partial charge in [0.25, 0.3) is 0 Å². The summed E-state index contributed by atoms with van der Waals surface area (Å²) >= 11 is 0. The van der Waals surface area contributed by atoms with Crippen LogP contribution in [0.15, 0.2) is 42.5 Å². The van der Waals surface area contributed by atoms with Crippen LogP contribution in [0.3, 0.4) is 0 Å². The SMILES string of the molecule is NC(=O)Cc1ccc(NC2COc3cc(O)ccc32)cc1. The highest BCUT2D eigenvalue weighted by Gasteiger charge is 2.24. The van der Waals surface area contributed by atoms with Crippen molar-refractivity contribution in [2.45, 2.75) is 12.5 Å². The third-order valence-corrected chi connectivity index (χ3v) is 3.45. The Morgan fingerprint density at radius 2 is 2.05 bits per heavy atom. The van der Waals surface area contributed by atoms with Crippen molar-refractivity contribution in [2.24, 2.45) is 5.73 Å². The number of aromatic hydroxyl groups is 1. The van der Waals surface area contributed by atoms with Gasteiger partial charge in [-0.05, 0) is 29.8 Å². The lowest BCUT2D eigenvalue weighted by Gasteiger charge is -2.13. The van der Waals surface area contributed by atoms with Crippen LogP contribution in [0, 0.1) is 0 Å². The summed E-state index contributed by atoms with van der Waals surface area (Å²) in [6.07, 6.45) is 0.245. The summed E-state index contributed by atoms with van der Waals surface area (Å²) in [4.78, 5) is 10.9. The summed E-state index contributed by atoms with van der Waals surface area (Å²) in [6.45, 7) is 0.516. The van der Waals surface area contributed by atoms with E-state index in [0.29, 0.717) is 12.4 Å². The number of fused-ring (bicyclic) bond motifs is 1. The van der Waals surface area contributed by atoms with Crippen LogP contribution in [0.2, 0.25) is 0 Å². The lowest BCUT2D eigenvalue weighted by atomic mass is 10.1. The van der Waals surface area contributed by atoms with Crippen molar-refractivity contribution in [1.82, 2.24) is 0 Å². The van der Waals surface area contributed by atoms with E-state index in [1.165, 1.54) is 0 Å². The molecule has 0 bridgehead atoms. The van der Waals surface area contributed by atoms with Gasteiger partial charge in [-0.15, -0.1) is 0 Å². The molecular weight excluding hydrogens is 268 g/mol. The lowest BCUT2D eigenvalue weighted by Crippen LogP contribution is -2.14. The molecule has 1 heterocycles. The first kappa shape index (κ1) is 13.3. The zero-order chi connectivity index (χ0) is 14.8. The first-order chi connectivity index (χ1) is 10.1. The van der Waals surface area contributed by atoms with Crippen molar-refractivity contribution in [3.8, 4) is 11.5 Å². The number of rotatable bonds is 4. The average molecular weight is 284 g/mol. The zero-order valence-corrected chi connectivity index (χ0v) is 11.4. The number of carbonyl (C=O) groups is 1. The van der Waals surface area contributed by atoms with E-state index in [0.717, 1.165) is 16.8 Å². The minimum absolute atomic E-state index is 0.0441. The Bertz CT molecular complexity index is 668. The Morgan fingerprint density at radius 1 is 1.29 bits per heavy atom. The quantitative estimate of drug-likeness (QED) is 0.801. The van der Waals surface area contributed by atoms with Crippen LogP contribution in [-0.2, 0) is 11.2 Å². The van der Waals surface area contributed by atoms with E-state index in [1.807, 2.05) is 30.3 Å². The Kier molecular flexibility index (Phi) is 3.39. The number of carbonyl (C=O) groups excluding carboxylic acids is 1. The monoisotopic (exact) mass is 284 g/mol. The van der Waals surface area contributed by atoms with E-state index in [9.17, 15) is 9.90 Å². The molecule has 2 aromatic rings. The van der Waals surface area contributed by atoms with E-state index in [-0.39, 0.29) is 24.1 Å². The van der Waals surface area contributed by atoms with E-state index >= 15 is 0 Å². The predicted octanol–water partition coefficient (Wildman–Crippen LogP) is 1.97. The van der Waals surface area contributed by atoms with Gasteiger partial charge in [0, 0.05) is 17.3 Å². The molecule has 0 aromatic heterocycles. The molecule has 0 aliphatic carbocycles. The summed E-state index contributed by atoms with van der Waals surface area (Å²) in [5, 5.41) is 12.8. The van der Waals surface area contributed by atoms with Crippen molar-refractivity contribution < 1.29 is 14.6 Å². The van der Waals surface area contributed by atoms with Crippen LogP contribution >= 0.6 is 0 Å². The number of nitrogens with one attached hydrogen (secondary N) is 1. The molecule has 5 nitrogen and oxygen atoms in total. The highest BCUT2D eigenvalue weighted by molar-refractivity contribution is 5.76. The molecule has 1 aliphatic rings. The average Bonchev–Trinajstić information content (AvgIpc) is 2.83. The molecule has 0 radical (unpaired) electrons. The molecular formula is C16H16N2O3. The second-order valence-corrected chi connectivity index (χ2v) is 5.07. The molecule has 2 aromatic carbocycles. The van der Waals surface area contributed by atoms with Gasteiger partial charge in [-0.1, -0.05) is 12.1 Å². The van der Waals surface area contributed by atoms with E-state index < -0.39 is 0 Å². The molecule has 0 saturated heterocycles. The number of hydrogen-bond acceptors (Lipinski definition) is 4. The van der Waals surface area contributed by atoms with Crippen LogP contribution in [0.25, 0.3) is 0 Å². The highest BCUT2D eigenvalue weighted by Crippen LogP contribution is 2.36. The second kappa shape index (κ2) is 5.36. The van der Waals surface area contributed by atoms with Gasteiger partial charge < -0.3 is 20.9 Å². The molecule has 5 heteroatoms. The van der Waals surface area contributed by atoms with Gasteiger partial charge in [-0.2, -0.15) is 0 Å².